The van der Waals surface area contributed by atoms with Gasteiger partial charge in [0.2, 0.25) is 0 Å². The molecule has 0 aliphatic heterocycles. The van der Waals surface area contributed by atoms with E-state index in [2.05, 4.69) is 13.8 Å². The average molecular weight is 286 g/mol. The normalized spacial score (nSPS) is 14.9. The molecule has 2 rings (SSSR count). The largest absolute Gasteiger partial charge is 0.335 e. The number of nitrogens with zero attached hydrogens (tertiary/aromatic N) is 1. The van der Waals surface area contributed by atoms with Crippen LogP contribution < -0.4 is 0 Å². The van der Waals surface area contributed by atoms with E-state index in [9.17, 15) is 4.79 Å². The molecule has 1 aromatic carbocycles. The summed E-state index contributed by atoms with van der Waals surface area (Å²) in [5.74, 6) is 0.450. The Morgan fingerprint density at radius 3 is 2.61 bits per heavy atom. The minimum atomic E-state index is -0.00120. The molecular weight excluding hydrogens is 269 g/mol. The lowest BCUT2D eigenvalue weighted by molar-refractivity contribution is 0.0722. The molecule has 98 valence electrons. The molecule has 4 heteroatoms. The van der Waals surface area contributed by atoms with Gasteiger partial charge in [-0.15, -0.1) is 0 Å². The molecule has 0 saturated heterocycles. The second-order valence-electron chi connectivity index (χ2n) is 5.18. The van der Waals surface area contributed by atoms with E-state index in [0.717, 1.165) is 19.4 Å². The van der Waals surface area contributed by atoms with Crippen LogP contribution in [0.4, 0.5) is 0 Å². The van der Waals surface area contributed by atoms with Crippen molar-refractivity contribution in [1.82, 2.24) is 4.90 Å². The summed E-state index contributed by atoms with van der Waals surface area (Å²) in [6, 6.07) is 5.59. The van der Waals surface area contributed by atoms with E-state index in [1.807, 2.05) is 4.90 Å². The molecule has 1 aromatic rings. The summed E-state index contributed by atoms with van der Waals surface area (Å²) in [5, 5.41) is 0.793. The van der Waals surface area contributed by atoms with Crippen LogP contribution >= 0.6 is 23.2 Å². The summed E-state index contributed by atoms with van der Waals surface area (Å²) in [6.07, 6.45) is 2.19. The highest BCUT2D eigenvalue weighted by molar-refractivity contribution is 6.43. The van der Waals surface area contributed by atoms with Crippen LogP contribution in [0.2, 0.25) is 10.0 Å². The highest BCUT2D eigenvalue weighted by Gasteiger charge is 2.34. The standard InChI is InChI=1S/C14H17Cl2NO/c1-9(2)8-17(10-6-7-10)14(18)11-4-3-5-12(15)13(11)16/h3-5,9-10H,6-8H2,1-2H3. The van der Waals surface area contributed by atoms with Crippen molar-refractivity contribution >= 4 is 29.1 Å². The Kier molecular flexibility index (Phi) is 4.18. The SMILES string of the molecule is CC(C)CN(C(=O)c1cccc(Cl)c1Cl)C1CC1. The van der Waals surface area contributed by atoms with Crippen molar-refractivity contribution in [2.24, 2.45) is 5.92 Å². The number of halogens is 2. The molecule has 0 atom stereocenters. The Balaban J connectivity index is 2.25. The molecule has 0 aromatic heterocycles. The van der Waals surface area contributed by atoms with Crippen LogP contribution in [0.5, 0.6) is 0 Å². The predicted molar refractivity (Wildman–Crippen MR) is 75.4 cm³/mol. The molecule has 0 heterocycles. The van der Waals surface area contributed by atoms with Gasteiger partial charge in [0.1, 0.15) is 0 Å². The van der Waals surface area contributed by atoms with Crippen molar-refractivity contribution in [2.45, 2.75) is 32.7 Å². The highest BCUT2D eigenvalue weighted by Crippen LogP contribution is 2.32. The van der Waals surface area contributed by atoms with Crippen LogP contribution in [0.25, 0.3) is 0 Å². The number of carbonyl (C=O) groups is 1. The van der Waals surface area contributed by atoms with Crippen molar-refractivity contribution in [3.05, 3.63) is 33.8 Å². The van der Waals surface area contributed by atoms with Crippen molar-refractivity contribution in [2.75, 3.05) is 6.54 Å². The van der Waals surface area contributed by atoms with Crippen molar-refractivity contribution in [3.8, 4) is 0 Å². The number of hydrogen-bond acceptors (Lipinski definition) is 1. The van der Waals surface area contributed by atoms with E-state index < -0.39 is 0 Å². The Bertz CT molecular complexity index is 455. The Hall–Kier alpha value is -0.730. The maximum Gasteiger partial charge on any atom is 0.255 e. The second kappa shape index (κ2) is 5.50. The van der Waals surface area contributed by atoms with Crippen LogP contribution in [0.15, 0.2) is 18.2 Å². The predicted octanol–water partition coefficient (Wildman–Crippen LogP) is 4.25. The van der Waals surface area contributed by atoms with E-state index in [1.165, 1.54) is 0 Å². The molecule has 0 radical (unpaired) electrons. The summed E-state index contributed by atoms with van der Waals surface area (Å²) in [7, 11) is 0. The van der Waals surface area contributed by atoms with Gasteiger partial charge in [0.05, 0.1) is 15.6 Å². The number of rotatable bonds is 4. The Morgan fingerprint density at radius 2 is 2.06 bits per heavy atom. The molecule has 1 saturated carbocycles. The maximum atomic E-state index is 12.5. The van der Waals surface area contributed by atoms with Crippen LogP contribution in [-0.4, -0.2) is 23.4 Å². The summed E-state index contributed by atoms with van der Waals surface area (Å²) in [5.41, 5.74) is 0.511. The van der Waals surface area contributed by atoms with Gasteiger partial charge in [-0.3, -0.25) is 4.79 Å². The van der Waals surface area contributed by atoms with E-state index in [4.69, 9.17) is 23.2 Å². The fourth-order valence-corrected chi connectivity index (χ4v) is 2.38. The third-order valence-electron chi connectivity index (χ3n) is 2.99. The molecule has 18 heavy (non-hydrogen) atoms. The average Bonchev–Trinajstić information content (AvgIpc) is 3.12. The zero-order valence-electron chi connectivity index (χ0n) is 10.6. The van der Waals surface area contributed by atoms with Gasteiger partial charge in [-0.05, 0) is 30.9 Å². The third kappa shape index (κ3) is 2.99. The molecule has 0 unspecified atom stereocenters. The van der Waals surface area contributed by atoms with Gasteiger partial charge in [0, 0.05) is 12.6 Å². The molecule has 1 fully saturated rings. The van der Waals surface area contributed by atoms with E-state index in [0.29, 0.717) is 27.6 Å². The zero-order chi connectivity index (χ0) is 13.3. The van der Waals surface area contributed by atoms with Crippen LogP contribution in [0.1, 0.15) is 37.0 Å². The number of hydrogen-bond donors (Lipinski definition) is 0. The van der Waals surface area contributed by atoms with Gasteiger partial charge in [0.25, 0.3) is 5.91 Å². The van der Waals surface area contributed by atoms with E-state index in [1.54, 1.807) is 18.2 Å². The lowest BCUT2D eigenvalue weighted by Crippen LogP contribution is -2.36. The van der Waals surface area contributed by atoms with Crippen LogP contribution in [0, 0.1) is 5.92 Å². The van der Waals surface area contributed by atoms with Crippen molar-refractivity contribution in [1.29, 1.82) is 0 Å². The monoisotopic (exact) mass is 285 g/mol. The quantitative estimate of drug-likeness (QED) is 0.810. The molecule has 2 nitrogen and oxygen atoms in total. The summed E-state index contributed by atoms with van der Waals surface area (Å²) >= 11 is 12.1. The molecular formula is C14H17Cl2NO. The lowest BCUT2D eigenvalue weighted by Gasteiger charge is -2.25. The third-order valence-corrected chi connectivity index (χ3v) is 3.81. The van der Waals surface area contributed by atoms with E-state index >= 15 is 0 Å². The first kappa shape index (κ1) is 13.7. The van der Waals surface area contributed by atoms with Gasteiger partial charge in [0.15, 0.2) is 0 Å². The topological polar surface area (TPSA) is 20.3 Å². The molecule has 0 N–H and O–H groups in total. The summed E-state index contributed by atoms with van der Waals surface area (Å²) in [6.45, 7) is 5.00. The Morgan fingerprint density at radius 1 is 1.39 bits per heavy atom. The first-order valence-corrected chi connectivity index (χ1v) is 7.01. The number of benzene rings is 1. The number of amides is 1. The highest BCUT2D eigenvalue weighted by atomic mass is 35.5. The van der Waals surface area contributed by atoms with Crippen LogP contribution in [0.3, 0.4) is 0 Å². The fourth-order valence-electron chi connectivity index (χ4n) is 2.00. The Labute approximate surface area is 118 Å². The van der Waals surface area contributed by atoms with Gasteiger partial charge >= 0.3 is 0 Å². The lowest BCUT2D eigenvalue weighted by atomic mass is 10.1. The fraction of sp³-hybridized carbons (Fsp3) is 0.500. The van der Waals surface area contributed by atoms with Crippen molar-refractivity contribution < 1.29 is 4.79 Å². The van der Waals surface area contributed by atoms with E-state index in [-0.39, 0.29) is 5.91 Å². The van der Waals surface area contributed by atoms with Gasteiger partial charge in [-0.2, -0.15) is 0 Å². The van der Waals surface area contributed by atoms with Gasteiger partial charge in [-0.1, -0.05) is 43.1 Å². The molecule has 1 aliphatic rings. The molecule has 0 bridgehead atoms. The maximum absolute atomic E-state index is 12.5. The van der Waals surface area contributed by atoms with Crippen molar-refractivity contribution in [3.63, 3.8) is 0 Å². The molecule has 0 spiro atoms. The molecule has 1 aliphatic carbocycles. The summed E-state index contributed by atoms with van der Waals surface area (Å²) in [4.78, 5) is 14.5. The number of carbonyl (C=O) groups excluding carboxylic acids is 1. The molecule has 1 amide bonds. The van der Waals surface area contributed by atoms with Gasteiger partial charge < -0.3 is 4.90 Å². The minimum absolute atomic E-state index is 0.00120. The van der Waals surface area contributed by atoms with Crippen LogP contribution in [-0.2, 0) is 0 Å². The summed E-state index contributed by atoms with van der Waals surface area (Å²) < 4.78 is 0. The second-order valence-corrected chi connectivity index (χ2v) is 5.97. The first-order chi connectivity index (χ1) is 8.50. The smallest absolute Gasteiger partial charge is 0.255 e. The minimum Gasteiger partial charge on any atom is -0.335 e. The van der Waals surface area contributed by atoms with Gasteiger partial charge in [-0.25, -0.2) is 0 Å². The zero-order valence-corrected chi connectivity index (χ0v) is 12.1. The first-order valence-electron chi connectivity index (χ1n) is 6.25.